The molecule has 94 valence electrons. The largest absolute Gasteiger partial charge is 0.497 e. The quantitative estimate of drug-likeness (QED) is 0.843. The van der Waals surface area contributed by atoms with E-state index in [0.717, 1.165) is 22.4 Å². The number of rotatable bonds is 5. The van der Waals surface area contributed by atoms with Gasteiger partial charge in [-0.05, 0) is 31.4 Å². The van der Waals surface area contributed by atoms with Gasteiger partial charge < -0.3 is 10.1 Å². The lowest BCUT2D eigenvalue weighted by molar-refractivity contribution is 0.286. The molecule has 1 aromatic rings. The fourth-order valence-corrected chi connectivity index (χ4v) is 2.47. The molecule has 0 bridgehead atoms. The maximum Gasteiger partial charge on any atom is 0.121 e. The van der Waals surface area contributed by atoms with Gasteiger partial charge in [-0.1, -0.05) is 30.9 Å². The molecule has 1 aliphatic carbocycles. The molecular formula is C14H20ClNO. The molecule has 1 aromatic carbocycles. The fraction of sp³-hybridized carbons (Fsp3) is 0.571. The highest BCUT2D eigenvalue weighted by atomic mass is 35.5. The Balaban J connectivity index is 1.96. The van der Waals surface area contributed by atoms with Crippen molar-refractivity contribution < 1.29 is 4.74 Å². The highest BCUT2D eigenvalue weighted by molar-refractivity contribution is 6.33. The van der Waals surface area contributed by atoms with E-state index >= 15 is 0 Å². The normalized spacial score (nSPS) is 17.4. The van der Waals surface area contributed by atoms with Crippen LogP contribution in [-0.4, -0.2) is 13.2 Å². The number of benzene rings is 1. The highest BCUT2D eigenvalue weighted by Gasteiger charge is 2.20. The van der Waals surface area contributed by atoms with E-state index < -0.39 is 0 Å². The lowest BCUT2D eigenvalue weighted by Crippen LogP contribution is -2.23. The second kappa shape index (κ2) is 5.63. The van der Waals surface area contributed by atoms with Crippen molar-refractivity contribution in [2.24, 2.45) is 5.92 Å². The summed E-state index contributed by atoms with van der Waals surface area (Å²) in [6.45, 7) is 2.22. The molecule has 3 heteroatoms. The number of ether oxygens (including phenoxy) is 1. The zero-order valence-electron chi connectivity index (χ0n) is 10.5. The second-order valence-corrected chi connectivity index (χ2v) is 5.33. The first kappa shape index (κ1) is 12.6. The van der Waals surface area contributed by atoms with Crippen LogP contribution in [0.5, 0.6) is 5.75 Å². The third kappa shape index (κ3) is 3.29. The minimum atomic E-state index is 0.463. The Morgan fingerprint density at radius 1 is 1.47 bits per heavy atom. The molecular weight excluding hydrogens is 234 g/mol. The van der Waals surface area contributed by atoms with Gasteiger partial charge in [-0.15, -0.1) is 0 Å². The molecule has 2 nitrogen and oxygen atoms in total. The average molecular weight is 254 g/mol. The van der Waals surface area contributed by atoms with Crippen LogP contribution in [0.25, 0.3) is 0 Å². The predicted octanol–water partition coefficient (Wildman–Crippen LogP) is 4.34. The maximum atomic E-state index is 6.16. The summed E-state index contributed by atoms with van der Waals surface area (Å²) in [5, 5.41) is 4.23. The first-order valence-corrected chi connectivity index (χ1v) is 6.67. The summed E-state index contributed by atoms with van der Waals surface area (Å²) in [5.74, 6) is 1.75. The van der Waals surface area contributed by atoms with Crippen LogP contribution in [0.15, 0.2) is 18.2 Å². The summed E-state index contributed by atoms with van der Waals surface area (Å²) in [4.78, 5) is 0. The number of methoxy groups -OCH3 is 1. The summed E-state index contributed by atoms with van der Waals surface area (Å²) in [6, 6.07) is 6.17. The van der Waals surface area contributed by atoms with Gasteiger partial charge in [-0.2, -0.15) is 0 Å². The Bertz CT molecular complexity index is 376. The standard InChI is InChI=1S/C14H20ClNO/c1-10(8-11-4-3-5-11)16-14-9-12(17-2)6-7-13(14)15/h6-7,9-11,16H,3-5,8H2,1-2H3. The van der Waals surface area contributed by atoms with Crippen molar-refractivity contribution in [3.63, 3.8) is 0 Å². The molecule has 2 rings (SSSR count). The van der Waals surface area contributed by atoms with Crippen molar-refractivity contribution in [1.82, 2.24) is 0 Å². The van der Waals surface area contributed by atoms with Crippen molar-refractivity contribution in [2.45, 2.75) is 38.6 Å². The van der Waals surface area contributed by atoms with Crippen LogP contribution >= 0.6 is 11.6 Å². The van der Waals surface area contributed by atoms with Crippen LogP contribution in [0.2, 0.25) is 5.02 Å². The molecule has 0 radical (unpaired) electrons. The minimum absolute atomic E-state index is 0.463. The van der Waals surface area contributed by atoms with Crippen LogP contribution in [0.3, 0.4) is 0 Å². The van der Waals surface area contributed by atoms with E-state index in [-0.39, 0.29) is 0 Å². The van der Waals surface area contributed by atoms with Crippen LogP contribution in [0.4, 0.5) is 5.69 Å². The molecule has 0 saturated heterocycles. The van der Waals surface area contributed by atoms with Gasteiger partial charge in [-0.3, -0.25) is 0 Å². The topological polar surface area (TPSA) is 21.3 Å². The molecule has 1 saturated carbocycles. The van der Waals surface area contributed by atoms with Crippen LogP contribution in [-0.2, 0) is 0 Å². The number of hydrogen-bond acceptors (Lipinski definition) is 2. The first-order valence-electron chi connectivity index (χ1n) is 6.29. The van der Waals surface area contributed by atoms with Gasteiger partial charge in [0.05, 0.1) is 17.8 Å². The summed E-state index contributed by atoms with van der Waals surface area (Å²) in [7, 11) is 1.67. The Morgan fingerprint density at radius 2 is 2.24 bits per heavy atom. The summed E-state index contributed by atoms with van der Waals surface area (Å²) in [6.07, 6.45) is 5.40. The molecule has 0 aromatic heterocycles. The first-order chi connectivity index (χ1) is 8.19. The van der Waals surface area contributed by atoms with Crippen molar-refractivity contribution in [3.05, 3.63) is 23.2 Å². The third-order valence-corrected chi connectivity index (χ3v) is 3.82. The van der Waals surface area contributed by atoms with Gasteiger partial charge in [0.1, 0.15) is 5.75 Å². The van der Waals surface area contributed by atoms with E-state index in [9.17, 15) is 0 Å². The zero-order chi connectivity index (χ0) is 12.3. The monoisotopic (exact) mass is 253 g/mol. The Labute approximate surface area is 108 Å². The number of nitrogens with one attached hydrogen (secondary N) is 1. The van der Waals surface area contributed by atoms with Crippen molar-refractivity contribution in [1.29, 1.82) is 0 Å². The van der Waals surface area contributed by atoms with Crippen molar-refractivity contribution in [2.75, 3.05) is 12.4 Å². The Hall–Kier alpha value is -0.890. The summed E-state index contributed by atoms with van der Waals surface area (Å²) >= 11 is 6.16. The lowest BCUT2D eigenvalue weighted by atomic mass is 9.81. The number of anilines is 1. The van der Waals surface area contributed by atoms with Crippen LogP contribution in [0.1, 0.15) is 32.6 Å². The Morgan fingerprint density at radius 3 is 2.82 bits per heavy atom. The van der Waals surface area contributed by atoms with E-state index in [1.54, 1.807) is 7.11 Å². The van der Waals surface area contributed by atoms with Crippen LogP contribution < -0.4 is 10.1 Å². The van der Waals surface area contributed by atoms with Gasteiger partial charge in [0.2, 0.25) is 0 Å². The van der Waals surface area contributed by atoms with Crippen LogP contribution in [0, 0.1) is 5.92 Å². The average Bonchev–Trinajstić information content (AvgIpc) is 2.27. The molecule has 0 aliphatic heterocycles. The summed E-state index contributed by atoms with van der Waals surface area (Å²) in [5.41, 5.74) is 0.970. The zero-order valence-corrected chi connectivity index (χ0v) is 11.3. The number of hydrogen-bond donors (Lipinski definition) is 1. The maximum absolute atomic E-state index is 6.16. The third-order valence-electron chi connectivity index (χ3n) is 3.49. The van der Waals surface area contributed by atoms with Gasteiger partial charge in [0.15, 0.2) is 0 Å². The van der Waals surface area contributed by atoms with E-state index in [2.05, 4.69) is 12.2 Å². The molecule has 1 atom stereocenters. The van der Waals surface area contributed by atoms with E-state index in [1.807, 2.05) is 18.2 Å². The van der Waals surface area contributed by atoms with E-state index in [0.29, 0.717) is 6.04 Å². The van der Waals surface area contributed by atoms with E-state index in [1.165, 1.54) is 25.7 Å². The van der Waals surface area contributed by atoms with Crippen molar-refractivity contribution >= 4 is 17.3 Å². The van der Waals surface area contributed by atoms with Gasteiger partial charge in [-0.25, -0.2) is 0 Å². The van der Waals surface area contributed by atoms with Crippen molar-refractivity contribution in [3.8, 4) is 5.75 Å². The second-order valence-electron chi connectivity index (χ2n) is 4.92. The van der Waals surface area contributed by atoms with Gasteiger partial charge in [0, 0.05) is 12.1 Å². The lowest BCUT2D eigenvalue weighted by Gasteiger charge is -2.29. The molecule has 0 amide bonds. The summed E-state index contributed by atoms with van der Waals surface area (Å²) < 4.78 is 5.21. The molecule has 0 heterocycles. The molecule has 1 N–H and O–H groups in total. The predicted molar refractivity (Wildman–Crippen MR) is 73.0 cm³/mol. The SMILES string of the molecule is COc1ccc(Cl)c(NC(C)CC2CCC2)c1. The Kier molecular flexibility index (Phi) is 4.16. The van der Waals surface area contributed by atoms with Gasteiger partial charge in [0.25, 0.3) is 0 Å². The fourth-order valence-electron chi connectivity index (χ4n) is 2.29. The van der Waals surface area contributed by atoms with Gasteiger partial charge >= 0.3 is 0 Å². The molecule has 1 unspecified atom stereocenters. The van der Waals surface area contributed by atoms with E-state index in [4.69, 9.17) is 16.3 Å². The smallest absolute Gasteiger partial charge is 0.121 e. The molecule has 1 fully saturated rings. The molecule has 0 spiro atoms. The molecule has 1 aliphatic rings. The highest BCUT2D eigenvalue weighted by Crippen LogP contribution is 2.32. The minimum Gasteiger partial charge on any atom is -0.497 e. The number of halogens is 1. The molecule has 17 heavy (non-hydrogen) atoms.